The number of fused-ring (bicyclic) bond motifs is 3. The highest BCUT2D eigenvalue weighted by molar-refractivity contribution is 8.00. The second-order valence-electron chi connectivity index (χ2n) is 8.72. The van der Waals surface area contributed by atoms with Gasteiger partial charge in [0.05, 0.1) is 10.8 Å². The summed E-state index contributed by atoms with van der Waals surface area (Å²) in [6.45, 7) is 4.48. The van der Waals surface area contributed by atoms with E-state index >= 15 is 0 Å². The van der Waals surface area contributed by atoms with Crippen molar-refractivity contribution in [1.29, 1.82) is 0 Å². The van der Waals surface area contributed by atoms with Gasteiger partial charge in [0.1, 0.15) is 6.04 Å². The van der Waals surface area contributed by atoms with Gasteiger partial charge < -0.3 is 9.88 Å². The smallest absolute Gasteiger partial charge is 0.248 e. The van der Waals surface area contributed by atoms with Crippen LogP contribution in [0.15, 0.2) is 77.8 Å². The van der Waals surface area contributed by atoms with Crippen molar-refractivity contribution in [3.05, 3.63) is 95.1 Å². The maximum absolute atomic E-state index is 13.9. The van der Waals surface area contributed by atoms with Crippen LogP contribution in [0.3, 0.4) is 0 Å². The van der Waals surface area contributed by atoms with Gasteiger partial charge in [0.2, 0.25) is 11.8 Å². The average Bonchev–Trinajstić information content (AvgIpc) is 3.02. The number of aryl methyl sites for hydroxylation is 3. The molecule has 172 valence electrons. The first-order valence-corrected chi connectivity index (χ1v) is 12.4. The molecule has 1 atom stereocenters. The lowest BCUT2D eigenvalue weighted by atomic mass is 10.0. The lowest BCUT2D eigenvalue weighted by Crippen LogP contribution is -2.43. The fourth-order valence-corrected chi connectivity index (χ4v) is 5.68. The molecule has 4 aromatic rings. The number of benzene rings is 3. The van der Waals surface area contributed by atoms with E-state index in [9.17, 15) is 9.59 Å². The molecule has 0 fully saturated rings. The molecule has 0 radical (unpaired) electrons. The zero-order chi connectivity index (χ0) is 23.8. The molecule has 5 rings (SSSR count). The normalized spacial score (nSPS) is 15.8. The topological polar surface area (TPSA) is 54.3 Å². The van der Waals surface area contributed by atoms with Crippen LogP contribution in [-0.2, 0) is 23.2 Å². The molecule has 2 heterocycles. The summed E-state index contributed by atoms with van der Waals surface area (Å²) in [5, 5.41) is 5.06. The van der Waals surface area contributed by atoms with Crippen molar-refractivity contribution in [2.75, 3.05) is 10.7 Å². The zero-order valence-electron chi connectivity index (χ0n) is 19.5. The molecule has 0 saturated carbocycles. The van der Waals surface area contributed by atoms with Crippen LogP contribution in [0.5, 0.6) is 0 Å². The van der Waals surface area contributed by atoms with E-state index in [1.165, 1.54) is 11.8 Å². The van der Waals surface area contributed by atoms with Crippen LogP contribution in [0.1, 0.15) is 28.3 Å². The van der Waals surface area contributed by atoms with Crippen LogP contribution in [-0.4, -0.2) is 22.1 Å². The van der Waals surface area contributed by atoms with Gasteiger partial charge in [-0.25, -0.2) is 0 Å². The van der Waals surface area contributed by atoms with Crippen molar-refractivity contribution < 1.29 is 9.59 Å². The molecule has 0 aliphatic carbocycles. The summed E-state index contributed by atoms with van der Waals surface area (Å²) in [6, 6.07) is 23.1. The van der Waals surface area contributed by atoms with Crippen molar-refractivity contribution in [3.63, 3.8) is 0 Å². The predicted octanol–water partition coefficient (Wildman–Crippen LogP) is 5.29. The summed E-state index contributed by atoms with van der Waals surface area (Å²) in [6.07, 6.45) is 0. The van der Waals surface area contributed by atoms with Gasteiger partial charge in [-0.15, -0.1) is 0 Å². The fraction of sp³-hybridized carbons (Fsp3) is 0.214. The Bertz CT molecular complexity index is 1390. The van der Waals surface area contributed by atoms with E-state index < -0.39 is 6.04 Å². The second kappa shape index (κ2) is 9.03. The van der Waals surface area contributed by atoms with Crippen LogP contribution in [0.25, 0.3) is 10.9 Å². The average molecular weight is 470 g/mol. The molecule has 0 saturated heterocycles. The standard InChI is InChI=1S/C28H27N3O2S/c1-18-13-14-21(15-19(18)2)31-24(32)17-34-28-25(22-11-7-8-12-23(22)30(28)3)26(31)27(33)29-16-20-9-5-4-6-10-20/h4-15,26H,16-17H2,1-3H3,(H,29,33). The highest BCUT2D eigenvalue weighted by Gasteiger charge is 2.39. The zero-order valence-corrected chi connectivity index (χ0v) is 20.4. The molecular weight excluding hydrogens is 442 g/mol. The Morgan fingerprint density at radius 2 is 1.74 bits per heavy atom. The number of nitrogens with one attached hydrogen (secondary N) is 1. The van der Waals surface area contributed by atoms with E-state index in [1.54, 1.807) is 4.90 Å². The third kappa shape index (κ3) is 3.88. The summed E-state index contributed by atoms with van der Waals surface area (Å²) in [4.78, 5) is 29.1. The van der Waals surface area contributed by atoms with Gasteiger partial charge in [0.15, 0.2) is 0 Å². The van der Waals surface area contributed by atoms with Crippen molar-refractivity contribution in [1.82, 2.24) is 9.88 Å². The minimum Gasteiger partial charge on any atom is -0.350 e. The highest BCUT2D eigenvalue weighted by Crippen LogP contribution is 2.43. The summed E-state index contributed by atoms with van der Waals surface area (Å²) in [5.74, 6) is 0.0101. The molecule has 5 nitrogen and oxygen atoms in total. The molecule has 1 aliphatic heterocycles. The number of rotatable bonds is 4. The number of amides is 2. The minimum absolute atomic E-state index is 0.0756. The number of hydrogen-bond acceptors (Lipinski definition) is 3. The quantitative estimate of drug-likeness (QED) is 0.442. The van der Waals surface area contributed by atoms with Crippen LogP contribution < -0.4 is 10.2 Å². The van der Waals surface area contributed by atoms with Gasteiger partial charge in [0, 0.05) is 35.7 Å². The van der Waals surface area contributed by atoms with E-state index in [0.717, 1.165) is 43.9 Å². The number of thioether (sulfide) groups is 1. The first kappa shape index (κ1) is 22.3. The van der Waals surface area contributed by atoms with Crippen molar-refractivity contribution >= 4 is 40.2 Å². The summed E-state index contributed by atoms with van der Waals surface area (Å²) < 4.78 is 2.10. The maximum atomic E-state index is 13.9. The molecule has 1 unspecified atom stereocenters. The SMILES string of the molecule is Cc1ccc(N2C(=O)CSc3c(c4ccccc4n3C)C2C(=O)NCc2ccccc2)cc1C. The first-order chi connectivity index (χ1) is 16.5. The van der Waals surface area contributed by atoms with E-state index in [-0.39, 0.29) is 17.6 Å². The van der Waals surface area contributed by atoms with E-state index in [2.05, 4.69) is 16.0 Å². The van der Waals surface area contributed by atoms with Crippen molar-refractivity contribution in [2.45, 2.75) is 31.5 Å². The second-order valence-corrected chi connectivity index (χ2v) is 9.69. The Morgan fingerprint density at radius 3 is 2.50 bits per heavy atom. The Kier molecular flexibility index (Phi) is 5.92. The number of carbonyl (C=O) groups is 2. The third-order valence-electron chi connectivity index (χ3n) is 6.55. The molecule has 2 amide bonds. The minimum atomic E-state index is -0.769. The molecule has 0 bridgehead atoms. The number of anilines is 1. The van der Waals surface area contributed by atoms with Crippen LogP contribution in [0, 0.1) is 13.8 Å². The number of nitrogens with zero attached hydrogens (tertiary/aromatic N) is 2. The van der Waals surface area contributed by atoms with E-state index in [4.69, 9.17) is 0 Å². The fourth-order valence-electron chi connectivity index (χ4n) is 4.61. The van der Waals surface area contributed by atoms with Gasteiger partial charge in [-0.05, 0) is 48.7 Å². The van der Waals surface area contributed by atoms with Crippen molar-refractivity contribution in [3.8, 4) is 0 Å². The Morgan fingerprint density at radius 1 is 1.00 bits per heavy atom. The largest absolute Gasteiger partial charge is 0.350 e. The van der Waals surface area contributed by atoms with Gasteiger partial charge in [-0.1, -0.05) is 66.4 Å². The molecule has 0 spiro atoms. The number of hydrogen-bond donors (Lipinski definition) is 1. The lowest BCUT2D eigenvalue weighted by molar-refractivity contribution is -0.125. The van der Waals surface area contributed by atoms with Gasteiger partial charge in [0.25, 0.3) is 0 Å². The number of para-hydroxylation sites is 1. The highest BCUT2D eigenvalue weighted by atomic mass is 32.2. The van der Waals surface area contributed by atoms with Crippen LogP contribution in [0.2, 0.25) is 0 Å². The number of aromatic nitrogens is 1. The van der Waals surface area contributed by atoms with Gasteiger partial charge in [-0.2, -0.15) is 0 Å². The van der Waals surface area contributed by atoms with Gasteiger partial charge >= 0.3 is 0 Å². The molecule has 6 heteroatoms. The Hall–Kier alpha value is -3.51. The Balaban J connectivity index is 1.66. The Labute approximate surface area is 203 Å². The molecule has 1 aliphatic rings. The lowest BCUT2D eigenvalue weighted by Gasteiger charge is -2.30. The molecule has 34 heavy (non-hydrogen) atoms. The monoisotopic (exact) mass is 469 g/mol. The molecule has 3 aromatic carbocycles. The third-order valence-corrected chi connectivity index (χ3v) is 7.71. The predicted molar refractivity (Wildman–Crippen MR) is 138 cm³/mol. The van der Waals surface area contributed by atoms with Crippen molar-refractivity contribution in [2.24, 2.45) is 7.05 Å². The summed E-state index contributed by atoms with van der Waals surface area (Å²) in [7, 11) is 2.00. The summed E-state index contributed by atoms with van der Waals surface area (Å²) in [5.41, 5.74) is 5.93. The van der Waals surface area contributed by atoms with Crippen LogP contribution >= 0.6 is 11.8 Å². The molecule has 1 N–H and O–H groups in total. The van der Waals surface area contributed by atoms with E-state index in [1.807, 2.05) is 87.6 Å². The molecule has 1 aromatic heterocycles. The molecular formula is C28H27N3O2S. The van der Waals surface area contributed by atoms with E-state index in [0.29, 0.717) is 6.54 Å². The summed E-state index contributed by atoms with van der Waals surface area (Å²) >= 11 is 1.50. The first-order valence-electron chi connectivity index (χ1n) is 11.4. The van der Waals surface area contributed by atoms with Crippen LogP contribution in [0.4, 0.5) is 5.69 Å². The number of carbonyl (C=O) groups excluding carboxylic acids is 2. The van der Waals surface area contributed by atoms with Gasteiger partial charge in [-0.3, -0.25) is 14.5 Å². The maximum Gasteiger partial charge on any atom is 0.248 e.